The minimum atomic E-state index is -0.00231. The summed E-state index contributed by atoms with van der Waals surface area (Å²) in [5.41, 5.74) is 0.697. The summed E-state index contributed by atoms with van der Waals surface area (Å²) in [6.45, 7) is 7.34. The van der Waals surface area contributed by atoms with E-state index in [0.29, 0.717) is 29.2 Å². The van der Waals surface area contributed by atoms with Crippen molar-refractivity contribution in [2.45, 2.75) is 13.8 Å². The van der Waals surface area contributed by atoms with E-state index in [1.165, 1.54) is 0 Å². The van der Waals surface area contributed by atoms with Crippen LogP contribution in [0.25, 0.3) is 0 Å². The molecule has 18 heavy (non-hydrogen) atoms. The van der Waals surface area contributed by atoms with Gasteiger partial charge in [0.15, 0.2) is 5.89 Å². The van der Waals surface area contributed by atoms with Gasteiger partial charge in [0.05, 0.1) is 5.69 Å². The van der Waals surface area contributed by atoms with E-state index in [9.17, 15) is 4.79 Å². The third-order valence-electron chi connectivity index (χ3n) is 3.77. The number of oxazole rings is 1. The lowest BCUT2D eigenvalue weighted by Gasteiger charge is -2.15. The van der Waals surface area contributed by atoms with Gasteiger partial charge >= 0.3 is 0 Å². The Morgan fingerprint density at radius 1 is 1.33 bits per heavy atom. The molecule has 1 aromatic rings. The molecular formula is C12H18ClN3O2. The third-order valence-corrected chi connectivity index (χ3v) is 3.77. The molecule has 3 heterocycles. The number of halogens is 1. The van der Waals surface area contributed by atoms with Gasteiger partial charge < -0.3 is 14.6 Å². The number of hydrogen-bond donors (Lipinski definition) is 1. The van der Waals surface area contributed by atoms with Crippen molar-refractivity contribution in [1.82, 2.24) is 15.2 Å². The SMILES string of the molecule is Cc1nc(C)c(C(=O)N2C[C@H]3CNC[C@H]3C2)o1.Cl. The second kappa shape index (κ2) is 4.90. The molecule has 6 heteroatoms. The number of amides is 1. The van der Waals surface area contributed by atoms with Gasteiger partial charge in [0.1, 0.15) is 0 Å². The monoisotopic (exact) mass is 271 g/mol. The fourth-order valence-corrected chi connectivity index (χ4v) is 2.89. The number of carbonyl (C=O) groups excluding carboxylic acids is 1. The smallest absolute Gasteiger partial charge is 0.291 e. The molecule has 0 saturated carbocycles. The summed E-state index contributed by atoms with van der Waals surface area (Å²) in [4.78, 5) is 18.3. The molecule has 0 radical (unpaired) electrons. The lowest BCUT2D eigenvalue weighted by molar-refractivity contribution is 0.0747. The topological polar surface area (TPSA) is 58.4 Å². The number of fused-ring (bicyclic) bond motifs is 1. The Labute approximate surface area is 112 Å². The van der Waals surface area contributed by atoms with Crippen molar-refractivity contribution in [3.05, 3.63) is 17.3 Å². The normalized spacial score (nSPS) is 26.0. The number of nitrogens with zero attached hydrogens (tertiary/aromatic N) is 2. The van der Waals surface area contributed by atoms with Crippen LogP contribution in [0.5, 0.6) is 0 Å². The highest BCUT2D eigenvalue weighted by Gasteiger charge is 2.39. The Morgan fingerprint density at radius 3 is 2.44 bits per heavy atom. The Hall–Kier alpha value is -1.07. The van der Waals surface area contributed by atoms with Gasteiger partial charge in [-0.05, 0) is 18.8 Å². The summed E-state index contributed by atoms with van der Waals surface area (Å²) in [6.07, 6.45) is 0. The molecule has 2 saturated heterocycles. The summed E-state index contributed by atoms with van der Waals surface area (Å²) in [5, 5.41) is 3.37. The van der Waals surface area contributed by atoms with Gasteiger partial charge in [0.25, 0.3) is 5.91 Å². The molecule has 3 rings (SSSR count). The van der Waals surface area contributed by atoms with Crippen LogP contribution in [0.4, 0.5) is 0 Å². The predicted octanol–water partition coefficient (Wildman–Crippen LogP) is 1.00. The molecule has 1 N–H and O–H groups in total. The van der Waals surface area contributed by atoms with Gasteiger partial charge in [0, 0.05) is 33.1 Å². The first kappa shape index (κ1) is 13.4. The maximum Gasteiger partial charge on any atom is 0.291 e. The van der Waals surface area contributed by atoms with Gasteiger partial charge in [0.2, 0.25) is 5.76 Å². The van der Waals surface area contributed by atoms with E-state index in [0.717, 1.165) is 26.2 Å². The number of nitrogens with one attached hydrogen (secondary N) is 1. The van der Waals surface area contributed by atoms with Gasteiger partial charge in [-0.25, -0.2) is 4.98 Å². The number of carbonyl (C=O) groups is 1. The minimum absolute atomic E-state index is 0. The molecule has 0 unspecified atom stereocenters. The maximum atomic E-state index is 12.3. The molecule has 1 aromatic heterocycles. The molecule has 2 fully saturated rings. The summed E-state index contributed by atoms with van der Waals surface area (Å²) >= 11 is 0. The van der Waals surface area contributed by atoms with Crippen molar-refractivity contribution in [1.29, 1.82) is 0 Å². The van der Waals surface area contributed by atoms with Crippen molar-refractivity contribution < 1.29 is 9.21 Å². The van der Waals surface area contributed by atoms with E-state index in [4.69, 9.17) is 4.42 Å². The third kappa shape index (κ3) is 2.12. The zero-order valence-electron chi connectivity index (χ0n) is 10.6. The molecule has 2 atom stereocenters. The summed E-state index contributed by atoms with van der Waals surface area (Å²) < 4.78 is 5.39. The molecule has 0 aromatic carbocycles. The maximum absolute atomic E-state index is 12.3. The fourth-order valence-electron chi connectivity index (χ4n) is 2.89. The summed E-state index contributed by atoms with van der Waals surface area (Å²) in [5.74, 6) is 2.20. The average molecular weight is 272 g/mol. The molecule has 0 spiro atoms. The highest BCUT2D eigenvalue weighted by atomic mass is 35.5. The highest BCUT2D eigenvalue weighted by molar-refractivity contribution is 5.92. The van der Waals surface area contributed by atoms with Crippen molar-refractivity contribution in [2.24, 2.45) is 11.8 Å². The number of aromatic nitrogens is 1. The van der Waals surface area contributed by atoms with Crippen LogP contribution in [0.15, 0.2) is 4.42 Å². The zero-order chi connectivity index (χ0) is 12.0. The van der Waals surface area contributed by atoms with Crippen LogP contribution in [0, 0.1) is 25.7 Å². The second-order valence-electron chi connectivity index (χ2n) is 5.04. The number of aryl methyl sites for hydroxylation is 2. The van der Waals surface area contributed by atoms with Gasteiger partial charge in [-0.1, -0.05) is 0 Å². The number of hydrogen-bond acceptors (Lipinski definition) is 4. The Morgan fingerprint density at radius 2 is 1.94 bits per heavy atom. The van der Waals surface area contributed by atoms with Gasteiger partial charge in [-0.2, -0.15) is 0 Å². The Kier molecular flexibility index (Phi) is 3.64. The van der Waals surface area contributed by atoms with E-state index < -0.39 is 0 Å². The van der Waals surface area contributed by atoms with E-state index in [2.05, 4.69) is 10.3 Å². The van der Waals surface area contributed by atoms with E-state index in [1.807, 2.05) is 11.8 Å². The number of rotatable bonds is 1. The predicted molar refractivity (Wildman–Crippen MR) is 69.0 cm³/mol. The zero-order valence-corrected chi connectivity index (χ0v) is 11.4. The van der Waals surface area contributed by atoms with Crippen LogP contribution < -0.4 is 5.32 Å². The minimum Gasteiger partial charge on any atom is -0.436 e. The molecule has 0 aliphatic carbocycles. The standard InChI is InChI=1S/C12H17N3O2.ClH/c1-7-11(17-8(2)14-7)12(16)15-5-9-3-13-4-10(9)6-15;/h9-10,13H,3-6H2,1-2H3;1H/t9-,10+;. The van der Waals surface area contributed by atoms with Crippen LogP contribution in [0.2, 0.25) is 0 Å². The summed E-state index contributed by atoms with van der Waals surface area (Å²) in [6, 6.07) is 0. The van der Waals surface area contributed by atoms with Crippen molar-refractivity contribution >= 4 is 18.3 Å². The van der Waals surface area contributed by atoms with Crippen molar-refractivity contribution in [2.75, 3.05) is 26.2 Å². The Bertz CT molecular complexity index is 448. The van der Waals surface area contributed by atoms with Crippen molar-refractivity contribution in [3.8, 4) is 0 Å². The van der Waals surface area contributed by atoms with Crippen molar-refractivity contribution in [3.63, 3.8) is 0 Å². The molecule has 1 amide bonds. The first-order valence-electron chi connectivity index (χ1n) is 6.09. The van der Waals surface area contributed by atoms with Gasteiger partial charge in [-0.15, -0.1) is 12.4 Å². The molecule has 100 valence electrons. The quantitative estimate of drug-likeness (QED) is 0.828. The van der Waals surface area contributed by atoms with Gasteiger partial charge in [-0.3, -0.25) is 4.79 Å². The number of likely N-dealkylation sites (tertiary alicyclic amines) is 1. The Balaban J connectivity index is 0.00000120. The molecule has 2 aliphatic heterocycles. The lowest BCUT2D eigenvalue weighted by Crippen LogP contribution is -2.32. The van der Waals surface area contributed by atoms with Crippen LogP contribution in [-0.2, 0) is 0 Å². The van der Waals surface area contributed by atoms with E-state index in [-0.39, 0.29) is 18.3 Å². The lowest BCUT2D eigenvalue weighted by atomic mass is 10.0. The second-order valence-corrected chi connectivity index (χ2v) is 5.04. The molecular weight excluding hydrogens is 254 g/mol. The van der Waals surface area contributed by atoms with E-state index >= 15 is 0 Å². The molecule has 2 aliphatic rings. The fraction of sp³-hybridized carbons (Fsp3) is 0.667. The van der Waals surface area contributed by atoms with E-state index in [1.54, 1.807) is 6.92 Å². The highest BCUT2D eigenvalue weighted by Crippen LogP contribution is 2.28. The molecule has 0 bridgehead atoms. The van der Waals surface area contributed by atoms with Crippen LogP contribution in [0.1, 0.15) is 22.1 Å². The molecule has 5 nitrogen and oxygen atoms in total. The van der Waals surface area contributed by atoms with Crippen LogP contribution >= 0.6 is 12.4 Å². The largest absolute Gasteiger partial charge is 0.436 e. The first-order chi connectivity index (χ1) is 8.15. The first-order valence-corrected chi connectivity index (χ1v) is 6.09. The van der Waals surface area contributed by atoms with Crippen LogP contribution in [0.3, 0.4) is 0 Å². The summed E-state index contributed by atoms with van der Waals surface area (Å²) in [7, 11) is 0. The average Bonchev–Trinajstić information content (AvgIpc) is 2.90. The van der Waals surface area contributed by atoms with Crippen LogP contribution in [-0.4, -0.2) is 42.0 Å².